The van der Waals surface area contributed by atoms with Gasteiger partial charge >= 0.3 is 182 Å². The Hall–Kier alpha value is 1.66. The molecule has 0 N–H and O–H groups in total. The first-order chi connectivity index (χ1) is 12.5. The van der Waals surface area contributed by atoms with Crippen LogP contribution in [-0.2, 0) is 0 Å². The van der Waals surface area contributed by atoms with E-state index in [0.29, 0.717) is 10.8 Å². The maximum absolute atomic E-state index is 2.80. The van der Waals surface area contributed by atoms with Gasteiger partial charge in [-0.05, 0) is 0 Å². The summed E-state index contributed by atoms with van der Waals surface area (Å²) in [5, 5.41) is 0. The van der Waals surface area contributed by atoms with Crippen molar-refractivity contribution < 1.29 is 0 Å². The van der Waals surface area contributed by atoms with Gasteiger partial charge in [-0.1, -0.05) is 0 Å². The Balaban J connectivity index is 2.08. The summed E-state index contributed by atoms with van der Waals surface area (Å²) in [4.78, 5) is 6.31. The first-order valence-corrected chi connectivity index (χ1v) is 21.5. The van der Waals surface area contributed by atoms with Crippen LogP contribution in [0.15, 0.2) is 0 Å². The van der Waals surface area contributed by atoms with Crippen molar-refractivity contribution in [2.24, 2.45) is 10.8 Å². The first-order valence-electron chi connectivity index (χ1n) is 11.9. The second-order valence-electron chi connectivity index (χ2n) is 12.1. The van der Waals surface area contributed by atoms with Crippen LogP contribution < -0.4 is 0 Å². The molecule has 3 heteroatoms. The van der Waals surface area contributed by atoms with Crippen LogP contribution >= 0.6 is 16.5 Å². The summed E-state index contributed by atoms with van der Waals surface area (Å²) in [6, 6.07) is 0. The van der Waals surface area contributed by atoms with Crippen molar-refractivity contribution in [2.45, 2.75) is 135 Å². The third-order valence-electron chi connectivity index (χ3n) is 8.05. The van der Waals surface area contributed by atoms with Crippen molar-refractivity contribution in [1.29, 1.82) is 0 Å². The Kier molecular flexibility index (Phi) is 7.17. The molecule has 4 atom stereocenters. The molecule has 0 nitrogen and oxygen atoms in total. The average molecular weight is 516 g/mol. The summed E-state index contributed by atoms with van der Waals surface area (Å²) in [6.45, 7) is 16.0. The van der Waals surface area contributed by atoms with E-state index in [1.807, 2.05) is 0 Å². The molecule has 0 bridgehead atoms. The standard InChI is InChI=1S/C22H41P2.2CH3.Sn/c1-20(2,3)19-22(21(4,5)6,23-17-13-9-7-10-14-17)24(19)18-15-11-8-12-16-18;;;/h17-18,23H,7-16H2,1-6H3;2*1H3;/t22-,24?;;;/m0.../s1. The van der Waals surface area contributed by atoms with Crippen LogP contribution in [-0.4, -0.2) is 39.1 Å². The van der Waals surface area contributed by atoms with Gasteiger partial charge in [0.15, 0.2) is 0 Å². The fourth-order valence-electron chi connectivity index (χ4n) is 7.36. The van der Waals surface area contributed by atoms with E-state index in [4.69, 9.17) is 0 Å². The molecule has 3 fully saturated rings. The van der Waals surface area contributed by atoms with Gasteiger partial charge in [-0.25, -0.2) is 0 Å². The molecule has 2 saturated carbocycles. The van der Waals surface area contributed by atoms with Crippen LogP contribution in [0.4, 0.5) is 0 Å². The molecule has 1 aliphatic heterocycles. The summed E-state index contributed by atoms with van der Waals surface area (Å²) < 4.78 is 0.785. The molecule has 0 amide bonds. The van der Waals surface area contributed by atoms with Gasteiger partial charge in [0, 0.05) is 0 Å². The molecule has 0 aromatic carbocycles. The molecule has 0 aromatic rings. The molecule has 3 aliphatic rings. The monoisotopic (exact) mass is 517 g/mol. The summed E-state index contributed by atoms with van der Waals surface area (Å²) in [5.74, 6) is 0. The summed E-state index contributed by atoms with van der Waals surface area (Å²) in [6.07, 6.45) is 15.4. The molecule has 1 heterocycles. The minimum absolute atomic E-state index is 0.195. The fourth-order valence-corrected chi connectivity index (χ4v) is 37.6. The Morgan fingerprint density at radius 3 is 1.63 bits per heavy atom. The number of rotatable bonds is 4. The second-order valence-corrected chi connectivity index (χ2v) is 26.2. The molecule has 27 heavy (non-hydrogen) atoms. The van der Waals surface area contributed by atoms with Crippen LogP contribution in [0.5, 0.6) is 0 Å². The van der Waals surface area contributed by atoms with Crippen LogP contribution in [0.2, 0.25) is 9.88 Å². The van der Waals surface area contributed by atoms with Crippen molar-refractivity contribution in [3.63, 3.8) is 0 Å². The van der Waals surface area contributed by atoms with Gasteiger partial charge in [0.05, 0.1) is 0 Å². The topological polar surface area (TPSA) is 0 Å². The quantitative estimate of drug-likeness (QED) is 0.259. The first kappa shape index (κ1) is 23.3. The molecule has 1 saturated heterocycles. The van der Waals surface area contributed by atoms with E-state index in [2.05, 4.69) is 51.4 Å². The van der Waals surface area contributed by atoms with Gasteiger partial charge in [-0.2, -0.15) is 0 Å². The minimum atomic E-state index is -1.45. The van der Waals surface area contributed by atoms with Crippen molar-refractivity contribution >= 4 is 36.3 Å². The Morgan fingerprint density at radius 2 is 1.22 bits per heavy atom. The van der Waals surface area contributed by atoms with Gasteiger partial charge in [0.2, 0.25) is 0 Å². The Bertz CT molecular complexity index is 505. The summed E-state index contributed by atoms with van der Waals surface area (Å²) in [5.41, 5.74) is 3.19. The summed E-state index contributed by atoms with van der Waals surface area (Å²) >= 11 is -1.45. The van der Waals surface area contributed by atoms with Crippen LogP contribution in [0.1, 0.15) is 106 Å². The van der Waals surface area contributed by atoms with Gasteiger partial charge < -0.3 is 0 Å². The zero-order chi connectivity index (χ0) is 20.1. The van der Waals surface area contributed by atoms with E-state index in [1.54, 1.807) is 25.7 Å². The normalized spacial score (nSPS) is 37.4. The molecule has 2 unspecified atom stereocenters. The van der Waals surface area contributed by atoms with Crippen molar-refractivity contribution in [3.05, 3.63) is 0 Å². The maximum atomic E-state index is 2.80. The predicted molar refractivity (Wildman–Crippen MR) is 131 cm³/mol. The van der Waals surface area contributed by atoms with Crippen LogP contribution in [0, 0.1) is 10.8 Å². The van der Waals surface area contributed by atoms with E-state index < -0.39 is 19.8 Å². The fraction of sp³-hybridized carbons (Fsp3) is 1.00. The molecular formula is C24H47P2Sn. The van der Waals surface area contributed by atoms with Gasteiger partial charge in [-0.15, -0.1) is 0 Å². The molecular weight excluding hydrogens is 469 g/mol. The molecule has 1 radical (unpaired) electrons. The molecule has 2 aliphatic carbocycles. The second kappa shape index (κ2) is 8.30. The van der Waals surface area contributed by atoms with E-state index >= 15 is 0 Å². The molecule has 157 valence electrons. The molecule has 0 aromatic heterocycles. The zero-order valence-corrected chi connectivity index (χ0v) is 24.4. The Morgan fingerprint density at radius 1 is 0.741 bits per heavy atom. The zero-order valence-electron chi connectivity index (χ0n) is 19.7. The van der Waals surface area contributed by atoms with E-state index in [9.17, 15) is 0 Å². The SMILES string of the molecule is [CH3][Sn]([CH3])[C@@]1(C(C)(C)C)P(C2CCCCC2)[C@]1(PC1CCCCC1)C(C)(C)C. The van der Waals surface area contributed by atoms with E-state index in [1.165, 1.54) is 47.1 Å². The Labute approximate surface area is 181 Å². The molecule has 3 rings (SSSR count). The van der Waals surface area contributed by atoms with E-state index in [-0.39, 0.29) is 7.92 Å². The van der Waals surface area contributed by atoms with Crippen LogP contribution in [0.25, 0.3) is 0 Å². The van der Waals surface area contributed by atoms with Gasteiger partial charge in [0.25, 0.3) is 0 Å². The molecule has 0 spiro atoms. The van der Waals surface area contributed by atoms with Gasteiger partial charge in [-0.3, -0.25) is 0 Å². The summed E-state index contributed by atoms with van der Waals surface area (Å²) in [7, 11) is 1.47. The van der Waals surface area contributed by atoms with Crippen LogP contribution in [0.3, 0.4) is 0 Å². The van der Waals surface area contributed by atoms with Crippen molar-refractivity contribution in [2.75, 3.05) is 0 Å². The number of hydrogen-bond acceptors (Lipinski definition) is 0. The average Bonchev–Trinajstić information content (AvgIpc) is 3.22. The van der Waals surface area contributed by atoms with Crippen molar-refractivity contribution in [3.8, 4) is 0 Å². The third-order valence-corrected chi connectivity index (χ3v) is 30.1. The van der Waals surface area contributed by atoms with Gasteiger partial charge in [0.1, 0.15) is 0 Å². The third kappa shape index (κ3) is 3.75. The van der Waals surface area contributed by atoms with E-state index in [0.717, 1.165) is 19.4 Å². The number of hydrogen-bond donors (Lipinski definition) is 0. The predicted octanol–water partition coefficient (Wildman–Crippen LogP) is 8.65. The van der Waals surface area contributed by atoms with Crippen molar-refractivity contribution in [1.82, 2.24) is 0 Å².